The summed E-state index contributed by atoms with van der Waals surface area (Å²) >= 11 is 3.59. The first-order valence-corrected chi connectivity index (χ1v) is 19.1. The van der Waals surface area contributed by atoms with E-state index in [1.807, 2.05) is 30.3 Å². The first kappa shape index (κ1) is 30.1. The van der Waals surface area contributed by atoms with E-state index in [0.29, 0.717) is 17.5 Å². The van der Waals surface area contributed by atoms with Crippen molar-refractivity contribution in [2.45, 2.75) is 0 Å². The second kappa shape index (κ2) is 12.0. The van der Waals surface area contributed by atoms with Crippen molar-refractivity contribution in [3.05, 3.63) is 164 Å². The number of hydrogen-bond acceptors (Lipinski definition) is 6. The van der Waals surface area contributed by atoms with Crippen LogP contribution >= 0.6 is 22.7 Å². The molecule has 0 atom stereocenters. The van der Waals surface area contributed by atoms with Crippen molar-refractivity contribution in [1.82, 2.24) is 24.5 Å². The Morgan fingerprint density at radius 1 is 0.396 bits per heavy atom. The summed E-state index contributed by atoms with van der Waals surface area (Å²) in [7, 11) is 0. The zero-order chi connectivity index (χ0) is 34.9. The van der Waals surface area contributed by atoms with Gasteiger partial charge in [0.05, 0.1) is 11.0 Å². The molecule has 0 aliphatic carbocycles. The molecule has 4 aromatic heterocycles. The van der Waals surface area contributed by atoms with E-state index >= 15 is 0 Å². The Balaban J connectivity index is 1.09. The average molecular weight is 714 g/mol. The van der Waals surface area contributed by atoms with Gasteiger partial charge in [-0.3, -0.25) is 4.57 Å². The maximum absolute atomic E-state index is 5.20. The summed E-state index contributed by atoms with van der Waals surface area (Å²) in [6, 6.07) is 57.3. The van der Waals surface area contributed by atoms with Crippen LogP contribution in [0.1, 0.15) is 0 Å². The summed E-state index contributed by atoms with van der Waals surface area (Å²) in [5.41, 5.74) is 7.11. The third-order valence-electron chi connectivity index (χ3n) is 9.88. The van der Waals surface area contributed by atoms with E-state index in [1.165, 1.54) is 35.0 Å². The molecular formula is C46H27N5S2. The molecule has 0 aliphatic heterocycles. The molecule has 0 unspecified atom stereocenters. The Bertz CT molecular complexity index is 3180. The molecule has 0 saturated carbocycles. The van der Waals surface area contributed by atoms with Gasteiger partial charge in [-0.25, -0.2) is 19.9 Å². The van der Waals surface area contributed by atoms with E-state index in [4.69, 9.17) is 19.9 Å². The molecule has 7 heteroatoms. The lowest BCUT2D eigenvalue weighted by atomic mass is 10.0. The molecule has 0 bridgehead atoms. The maximum Gasteiger partial charge on any atom is 0.164 e. The van der Waals surface area contributed by atoms with Crippen LogP contribution in [0, 0.1) is 0 Å². The largest absolute Gasteiger partial charge is 0.292 e. The lowest BCUT2D eigenvalue weighted by molar-refractivity contribution is 1.08. The average Bonchev–Trinajstić information content (AvgIpc) is 3.92. The minimum Gasteiger partial charge on any atom is -0.292 e. The highest BCUT2D eigenvalue weighted by atomic mass is 32.1. The van der Waals surface area contributed by atoms with Gasteiger partial charge < -0.3 is 0 Å². The molecule has 53 heavy (non-hydrogen) atoms. The van der Waals surface area contributed by atoms with Crippen molar-refractivity contribution in [3.63, 3.8) is 0 Å². The van der Waals surface area contributed by atoms with Crippen LogP contribution < -0.4 is 0 Å². The summed E-state index contributed by atoms with van der Waals surface area (Å²) in [6.07, 6.45) is 0. The Labute approximate surface area is 312 Å². The monoisotopic (exact) mass is 713 g/mol. The first-order valence-electron chi connectivity index (χ1n) is 17.5. The molecule has 11 aromatic rings. The van der Waals surface area contributed by atoms with Crippen molar-refractivity contribution < 1.29 is 0 Å². The molecule has 11 rings (SSSR count). The van der Waals surface area contributed by atoms with E-state index in [-0.39, 0.29) is 0 Å². The van der Waals surface area contributed by atoms with Gasteiger partial charge in [-0.2, -0.15) is 0 Å². The van der Waals surface area contributed by atoms with Crippen LogP contribution in [-0.4, -0.2) is 24.5 Å². The summed E-state index contributed by atoms with van der Waals surface area (Å²) in [5, 5.41) is 4.84. The minimum absolute atomic E-state index is 0.653. The third kappa shape index (κ3) is 4.97. The van der Waals surface area contributed by atoms with Gasteiger partial charge in [0.15, 0.2) is 17.5 Å². The van der Waals surface area contributed by atoms with Crippen molar-refractivity contribution in [2.75, 3.05) is 0 Å². The van der Waals surface area contributed by atoms with Crippen molar-refractivity contribution in [3.8, 4) is 51.2 Å². The fourth-order valence-corrected chi connectivity index (χ4v) is 9.73. The van der Waals surface area contributed by atoms with Crippen LogP contribution in [0.3, 0.4) is 0 Å². The molecule has 0 saturated heterocycles. The maximum atomic E-state index is 5.20. The fraction of sp³-hybridized carbons (Fsp3) is 0. The number of benzene rings is 7. The number of thiophene rings is 2. The number of imidazole rings is 1. The predicted molar refractivity (Wildman–Crippen MR) is 222 cm³/mol. The molecule has 5 nitrogen and oxygen atoms in total. The predicted octanol–water partition coefficient (Wildman–Crippen LogP) is 12.6. The number of aromatic nitrogens is 5. The molecular weight excluding hydrogens is 687 g/mol. The van der Waals surface area contributed by atoms with E-state index in [9.17, 15) is 0 Å². The van der Waals surface area contributed by atoms with E-state index in [0.717, 1.165) is 50.2 Å². The second-order valence-electron chi connectivity index (χ2n) is 13.1. The summed E-state index contributed by atoms with van der Waals surface area (Å²) in [4.78, 5) is 20.5. The Hall–Kier alpha value is -6.54. The summed E-state index contributed by atoms with van der Waals surface area (Å²) in [6.45, 7) is 0. The zero-order valence-corrected chi connectivity index (χ0v) is 29.8. The summed E-state index contributed by atoms with van der Waals surface area (Å²) in [5.74, 6) is 2.89. The number of nitrogens with zero attached hydrogens (tertiary/aromatic N) is 5. The molecule has 0 spiro atoms. The van der Waals surface area contributed by atoms with Gasteiger partial charge in [0.2, 0.25) is 0 Å². The van der Waals surface area contributed by atoms with Crippen LogP contribution in [0.25, 0.3) is 103 Å². The highest BCUT2D eigenvalue weighted by molar-refractivity contribution is 7.26. The Kier molecular flexibility index (Phi) is 6.83. The third-order valence-corrected chi connectivity index (χ3v) is 12.1. The number of para-hydroxylation sites is 3. The van der Waals surface area contributed by atoms with Crippen LogP contribution in [-0.2, 0) is 0 Å². The number of rotatable bonds is 5. The topological polar surface area (TPSA) is 56.5 Å². The molecule has 0 N–H and O–H groups in total. The lowest BCUT2D eigenvalue weighted by Crippen LogP contribution is -2.00. The Morgan fingerprint density at radius 2 is 1.02 bits per heavy atom. The van der Waals surface area contributed by atoms with Gasteiger partial charge in [0.25, 0.3) is 0 Å². The Morgan fingerprint density at radius 3 is 1.91 bits per heavy atom. The highest BCUT2D eigenvalue weighted by Crippen LogP contribution is 2.42. The molecule has 0 fully saturated rings. The smallest absolute Gasteiger partial charge is 0.164 e. The van der Waals surface area contributed by atoms with Crippen LogP contribution in [0.15, 0.2) is 164 Å². The van der Waals surface area contributed by atoms with Gasteiger partial charge in [0.1, 0.15) is 5.82 Å². The molecule has 4 heterocycles. The SMILES string of the molecule is c1ccc(-c2nc(-c3ccc4c(c3)sc3ccccc34)nc(-c3cccc4sc5cc(-c6nc7ccccc7n6-c6ccccc6)ccc5c34)n2)cc1. The van der Waals surface area contributed by atoms with Crippen LogP contribution in [0.4, 0.5) is 0 Å². The lowest BCUT2D eigenvalue weighted by Gasteiger charge is -2.10. The van der Waals surface area contributed by atoms with Crippen molar-refractivity contribution >= 4 is 74.1 Å². The van der Waals surface area contributed by atoms with Crippen molar-refractivity contribution in [1.29, 1.82) is 0 Å². The minimum atomic E-state index is 0.653. The second-order valence-corrected chi connectivity index (χ2v) is 15.2. The molecule has 0 amide bonds. The van der Waals surface area contributed by atoms with E-state index < -0.39 is 0 Å². The quantitative estimate of drug-likeness (QED) is 0.178. The van der Waals surface area contributed by atoms with Gasteiger partial charge in [-0.15, -0.1) is 22.7 Å². The highest BCUT2D eigenvalue weighted by Gasteiger charge is 2.20. The van der Waals surface area contributed by atoms with Gasteiger partial charge in [0, 0.05) is 68.3 Å². The van der Waals surface area contributed by atoms with Crippen LogP contribution in [0.5, 0.6) is 0 Å². The molecule has 0 aliphatic rings. The normalized spacial score (nSPS) is 11.8. The van der Waals surface area contributed by atoms with Gasteiger partial charge in [-0.1, -0.05) is 115 Å². The fourth-order valence-electron chi connectivity index (χ4n) is 7.42. The number of hydrogen-bond donors (Lipinski definition) is 0. The van der Waals surface area contributed by atoms with Crippen LogP contribution in [0.2, 0.25) is 0 Å². The molecule has 7 aromatic carbocycles. The van der Waals surface area contributed by atoms with E-state index in [2.05, 4.69) is 138 Å². The number of fused-ring (bicyclic) bond motifs is 7. The van der Waals surface area contributed by atoms with Gasteiger partial charge >= 0.3 is 0 Å². The van der Waals surface area contributed by atoms with Gasteiger partial charge in [-0.05, 0) is 48.5 Å². The van der Waals surface area contributed by atoms with Crippen molar-refractivity contribution in [2.24, 2.45) is 0 Å². The summed E-state index contributed by atoms with van der Waals surface area (Å²) < 4.78 is 7.11. The van der Waals surface area contributed by atoms with E-state index in [1.54, 1.807) is 22.7 Å². The molecule has 0 radical (unpaired) electrons. The molecule has 248 valence electrons. The zero-order valence-electron chi connectivity index (χ0n) is 28.1. The first-order chi connectivity index (χ1) is 26.2. The standard InChI is InChI=1S/C46H27N5S2/c1-3-12-28(13-4-1)43-48-44(29-22-24-33-32-16-7-10-20-38(32)52-40(33)26-29)50-45(49-43)35-17-11-21-39-42(35)34-25-23-30(27-41(34)53-39)46-47-36-18-8-9-19-37(36)51(46)31-14-5-2-6-15-31/h1-27H.